The van der Waals surface area contributed by atoms with E-state index in [1.165, 1.54) is 5.56 Å². The molecule has 0 spiro atoms. The van der Waals surface area contributed by atoms with Gasteiger partial charge in [-0.2, -0.15) is 5.10 Å². The van der Waals surface area contributed by atoms with Crippen LogP contribution in [0.15, 0.2) is 30.5 Å². The molecule has 2 rings (SSSR count). The summed E-state index contributed by atoms with van der Waals surface area (Å²) < 4.78 is 1.79. The van der Waals surface area contributed by atoms with E-state index in [2.05, 4.69) is 5.10 Å². The number of hydrogen-bond acceptors (Lipinski definition) is 3. The number of aromatic nitrogens is 2. The fraction of sp³-hybridized carbons (Fsp3) is 0.308. The highest BCUT2D eigenvalue weighted by Crippen LogP contribution is 2.17. The maximum Gasteiger partial charge on any atom is 0.0646 e. The van der Waals surface area contributed by atoms with E-state index in [1.54, 1.807) is 4.68 Å². The standard InChI is InChI=1S/C13H17N3O/c1-9-3-5-11(6-4-9)16-7-12(10(2)15-16)13(14)8-17/h3-7,13,17H,8,14H2,1-2H3. The van der Waals surface area contributed by atoms with Gasteiger partial charge in [-0.05, 0) is 26.0 Å². The first-order valence-electron chi connectivity index (χ1n) is 5.61. The minimum absolute atomic E-state index is 0.0690. The van der Waals surface area contributed by atoms with Crippen molar-refractivity contribution in [1.29, 1.82) is 0 Å². The first-order chi connectivity index (χ1) is 8.11. The fourth-order valence-electron chi connectivity index (χ4n) is 1.77. The summed E-state index contributed by atoms with van der Waals surface area (Å²) >= 11 is 0. The average molecular weight is 231 g/mol. The summed E-state index contributed by atoms with van der Waals surface area (Å²) in [5.74, 6) is 0. The zero-order valence-electron chi connectivity index (χ0n) is 10.1. The Hall–Kier alpha value is -1.65. The highest BCUT2D eigenvalue weighted by molar-refractivity contribution is 5.35. The number of rotatable bonds is 3. The van der Waals surface area contributed by atoms with Gasteiger partial charge in [-0.1, -0.05) is 17.7 Å². The quantitative estimate of drug-likeness (QED) is 0.841. The summed E-state index contributed by atoms with van der Waals surface area (Å²) in [7, 11) is 0. The van der Waals surface area contributed by atoms with Crippen molar-refractivity contribution in [3.63, 3.8) is 0 Å². The summed E-state index contributed by atoms with van der Waals surface area (Å²) in [5, 5.41) is 13.5. The summed E-state index contributed by atoms with van der Waals surface area (Å²) in [6.07, 6.45) is 1.88. The molecule has 0 aliphatic heterocycles. The molecule has 4 nitrogen and oxygen atoms in total. The van der Waals surface area contributed by atoms with E-state index in [-0.39, 0.29) is 12.6 Å². The molecule has 0 amide bonds. The van der Waals surface area contributed by atoms with Crippen LogP contribution in [0.1, 0.15) is 22.9 Å². The third kappa shape index (κ3) is 2.38. The second-order valence-corrected chi connectivity index (χ2v) is 4.24. The van der Waals surface area contributed by atoms with Gasteiger partial charge in [0.15, 0.2) is 0 Å². The van der Waals surface area contributed by atoms with E-state index in [0.29, 0.717) is 0 Å². The molecule has 1 aromatic carbocycles. The van der Waals surface area contributed by atoms with Gasteiger partial charge in [0.25, 0.3) is 0 Å². The predicted octanol–water partition coefficient (Wildman–Crippen LogP) is 1.48. The lowest BCUT2D eigenvalue weighted by atomic mass is 10.1. The largest absolute Gasteiger partial charge is 0.394 e. The van der Waals surface area contributed by atoms with Crippen LogP contribution in [0.25, 0.3) is 5.69 Å². The number of nitrogens with two attached hydrogens (primary N) is 1. The Labute approximate surface area is 101 Å². The van der Waals surface area contributed by atoms with Crippen molar-refractivity contribution in [1.82, 2.24) is 9.78 Å². The molecule has 0 saturated carbocycles. The maximum atomic E-state index is 9.07. The van der Waals surface area contributed by atoms with Gasteiger partial charge in [0.1, 0.15) is 0 Å². The molecule has 0 aliphatic rings. The summed E-state index contributed by atoms with van der Waals surface area (Å²) in [6.45, 7) is 3.88. The summed E-state index contributed by atoms with van der Waals surface area (Å²) in [4.78, 5) is 0. The lowest BCUT2D eigenvalue weighted by Crippen LogP contribution is -2.14. The molecule has 2 aromatic rings. The predicted molar refractivity (Wildman–Crippen MR) is 67.1 cm³/mol. The van der Waals surface area contributed by atoms with Gasteiger partial charge >= 0.3 is 0 Å². The van der Waals surface area contributed by atoms with Gasteiger partial charge in [0.2, 0.25) is 0 Å². The van der Waals surface area contributed by atoms with Crippen LogP contribution >= 0.6 is 0 Å². The molecular weight excluding hydrogens is 214 g/mol. The Kier molecular flexibility index (Phi) is 3.26. The van der Waals surface area contributed by atoms with Crippen LogP contribution in [-0.2, 0) is 0 Å². The third-order valence-corrected chi connectivity index (χ3v) is 2.83. The van der Waals surface area contributed by atoms with Crippen molar-refractivity contribution in [2.24, 2.45) is 5.73 Å². The van der Waals surface area contributed by atoms with Crippen molar-refractivity contribution < 1.29 is 5.11 Å². The van der Waals surface area contributed by atoms with Crippen LogP contribution in [0.3, 0.4) is 0 Å². The number of hydrogen-bond donors (Lipinski definition) is 2. The van der Waals surface area contributed by atoms with Crippen LogP contribution in [0.2, 0.25) is 0 Å². The van der Waals surface area contributed by atoms with Crippen molar-refractivity contribution in [2.45, 2.75) is 19.9 Å². The Morgan fingerprint density at radius 3 is 2.53 bits per heavy atom. The molecule has 4 heteroatoms. The summed E-state index contributed by atoms with van der Waals surface area (Å²) in [6, 6.07) is 7.73. The SMILES string of the molecule is Cc1ccc(-n2cc(C(N)CO)c(C)n2)cc1. The van der Waals surface area contributed by atoms with E-state index >= 15 is 0 Å². The minimum Gasteiger partial charge on any atom is -0.394 e. The zero-order valence-corrected chi connectivity index (χ0v) is 10.1. The first kappa shape index (κ1) is 11.8. The molecule has 0 radical (unpaired) electrons. The molecule has 0 fully saturated rings. The smallest absolute Gasteiger partial charge is 0.0646 e. The Morgan fingerprint density at radius 2 is 1.94 bits per heavy atom. The topological polar surface area (TPSA) is 64.1 Å². The van der Waals surface area contributed by atoms with Gasteiger partial charge in [-0.15, -0.1) is 0 Å². The fourth-order valence-corrected chi connectivity index (χ4v) is 1.77. The van der Waals surface area contributed by atoms with E-state index in [9.17, 15) is 0 Å². The lowest BCUT2D eigenvalue weighted by molar-refractivity contribution is 0.267. The third-order valence-electron chi connectivity index (χ3n) is 2.83. The second-order valence-electron chi connectivity index (χ2n) is 4.24. The van der Waals surface area contributed by atoms with Crippen LogP contribution in [-0.4, -0.2) is 21.5 Å². The molecule has 1 atom stereocenters. The summed E-state index contributed by atoms with van der Waals surface area (Å²) in [5.41, 5.74) is 9.75. The van der Waals surface area contributed by atoms with E-state index in [1.807, 2.05) is 44.3 Å². The number of aliphatic hydroxyl groups is 1. The lowest BCUT2D eigenvalue weighted by Gasteiger charge is -2.05. The van der Waals surface area contributed by atoms with E-state index in [4.69, 9.17) is 10.8 Å². The van der Waals surface area contributed by atoms with Crippen LogP contribution in [0.5, 0.6) is 0 Å². The second kappa shape index (κ2) is 4.69. The molecule has 1 unspecified atom stereocenters. The number of benzene rings is 1. The highest BCUT2D eigenvalue weighted by Gasteiger charge is 2.12. The molecular formula is C13H17N3O. The molecule has 0 aliphatic carbocycles. The monoisotopic (exact) mass is 231 g/mol. The average Bonchev–Trinajstić information content (AvgIpc) is 2.71. The Balaban J connectivity index is 2.37. The first-order valence-corrected chi connectivity index (χ1v) is 5.61. The van der Waals surface area contributed by atoms with Gasteiger partial charge in [0.05, 0.1) is 24.0 Å². The van der Waals surface area contributed by atoms with Gasteiger partial charge in [0, 0.05) is 11.8 Å². The van der Waals surface area contributed by atoms with Crippen molar-refractivity contribution in [3.05, 3.63) is 47.3 Å². The van der Waals surface area contributed by atoms with Gasteiger partial charge < -0.3 is 10.8 Å². The maximum absolute atomic E-state index is 9.07. The molecule has 17 heavy (non-hydrogen) atoms. The van der Waals surface area contributed by atoms with E-state index in [0.717, 1.165) is 16.9 Å². The number of nitrogens with zero attached hydrogens (tertiary/aromatic N) is 2. The normalized spacial score (nSPS) is 12.7. The molecule has 3 N–H and O–H groups in total. The van der Waals surface area contributed by atoms with Gasteiger partial charge in [-0.3, -0.25) is 0 Å². The number of aryl methyl sites for hydroxylation is 2. The van der Waals surface area contributed by atoms with Crippen LogP contribution in [0, 0.1) is 13.8 Å². The Morgan fingerprint density at radius 1 is 1.29 bits per heavy atom. The van der Waals surface area contributed by atoms with Crippen LogP contribution < -0.4 is 5.73 Å². The zero-order chi connectivity index (χ0) is 12.4. The molecule has 1 aromatic heterocycles. The molecule has 0 saturated heterocycles. The minimum atomic E-state index is -0.366. The molecule has 0 bridgehead atoms. The molecule has 1 heterocycles. The van der Waals surface area contributed by atoms with E-state index < -0.39 is 0 Å². The highest BCUT2D eigenvalue weighted by atomic mass is 16.3. The van der Waals surface area contributed by atoms with Crippen molar-refractivity contribution in [3.8, 4) is 5.69 Å². The van der Waals surface area contributed by atoms with Crippen LogP contribution in [0.4, 0.5) is 0 Å². The molecule has 90 valence electrons. The van der Waals surface area contributed by atoms with Crippen molar-refractivity contribution in [2.75, 3.05) is 6.61 Å². The number of aliphatic hydroxyl groups excluding tert-OH is 1. The van der Waals surface area contributed by atoms with Gasteiger partial charge in [-0.25, -0.2) is 4.68 Å². The Bertz CT molecular complexity index is 502. The van der Waals surface area contributed by atoms with Crippen molar-refractivity contribution >= 4 is 0 Å².